The minimum Gasteiger partial charge on any atom is -0.459 e. The van der Waals surface area contributed by atoms with Crippen LogP contribution in [-0.2, 0) is 33.4 Å². The first-order valence-electron chi connectivity index (χ1n) is 13.3. The standard InChI is InChI=1S/C27H44N4O7/c1-26(2,3)37-24(35)19-29-14-12-28(13-15-30(17-16-29)20-25(36)38-27(4,5)6)18-21(32)8-7-11-31-22(33)9-10-23(31)34/h9-10H,7-8,11-20H2,1-6H3. The number of ether oxygens (including phenoxy) is 2. The first kappa shape index (κ1) is 31.6. The molecule has 2 rings (SSSR count). The molecule has 0 aliphatic carbocycles. The summed E-state index contributed by atoms with van der Waals surface area (Å²) in [6.07, 6.45) is 3.12. The summed E-state index contributed by atoms with van der Waals surface area (Å²) in [5, 5.41) is 0. The van der Waals surface area contributed by atoms with Gasteiger partial charge in [0.2, 0.25) is 0 Å². The van der Waals surface area contributed by atoms with Crippen LogP contribution in [0.1, 0.15) is 54.4 Å². The van der Waals surface area contributed by atoms with Crippen molar-refractivity contribution in [3.63, 3.8) is 0 Å². The lowest BCUT2D eigenvalue weighted by Gasteiger charge is -2.27. The number of hydrogen-bond acceptors (Lipinski definition) is 10. The third-order valence-electron chi connectivity index (χ3n) is 5.88. The van der Waals surface area contributed by atoms with Crippen LogP contribution in [0.3, 0.4) is 0 Å². The number of hydrogen-bond donors (Lipinski definition) is 0. The van der Waals surface area contributed by atoms with Gasteiger partial charge in [-0.2, -0.15) is 0 Å². The Hall–Kier alpha value is -2.63. The van der Waals surface area contributed by atoms with Crippen LogP contribution in [-0.4, -0.2) is 126 Å². The fourth-order valence-corrected chi connectivity index (χ4v) is 4.19. The molecule has 214 valence electrons. The van der Waals surface area contributed by atoms with Crippen LogP contribution >= 0.6 is 0 Å². The molecule has 1 saturated heterocycles. The van der Waals surface area contributed by atoms with Crippen molar-refractivity contribution in [1.82, 2.24) is 19.6 Å². The van der Waals surface area contributed by atoms with Crippen LogP contribution in [0.4, 0.5) is 0 Å². The number of imide groups is 1. The van der Waals surface area contributed by atoms with Crippen molar-refractivity contribution in [2.75, 3.05) is 65.4 Å². The quantitative estimate of drug-likeness (QED) is 0.294. The molecule has 0 spiro atoms. The lowest BCUT2D eigenvalue weighted by molar-refractivity contribution is -0.158. The van der Waals surface area contributed by atoms with E-state index in [1.165, 1.54) is 12.2 Å². The van der Waals surface area contributed by atoms with Crippen molar-refractivity contribution in [1.29, 1.82) is 0 Å². The van der Waals surface area contributed by atoms with Crippen molar-refractivity contribution < 1.29 is 33.4 Å². The van der Waals surface area contributed by atoms with Crippen molar-refractivity contribution in [2.24, 2.45) is 0 Å². The molecule has 0 bridgehead atoms. The van der Waals surface area contributed by atoms with Crippen LogP contribution in [0, 0.1) is 0 Å². The number of amides is 2. The highest BCUT2D eigenvalue weighted by atomic mass is 16.6. The van der Waals surface area contributed by atoms with Gasteiger partial charge in [0.15, 0.2) is 0 Å². The van der Waals surface area contributed by atoms with E-state index in [1.807, 2.05) is 56.2 Å². The van der Waals surface area contributed by atoms with E-state index in [4.69, 9.17) is 9.47 Å². The zero-order valence-electron chi connectivity index (χ0n) is 23.8. The van der Waals surface area contributed by atoms with Gasteiger partial charge < -0.3 is 9.47 Å². The van der Waals surface area contributed by atoms with Gasteiger partial charge in [-0.1, -0.05) is 0 Å². The Morgan fingerprint density at radius 3 is 1.42 bits per heavy atom. The average Bonchev–Trinajstić information content (AvgIpc) is 3.11. The molecule has 0 atom stereocenters. The fourth-order valence-electron chi connectivity index (χ4n) is 4.19. The normalized spacial score (nSPS) is 18.7. The Labute approximate surface area is 226 Å². The van der Waals surface area contributed by atoms with Gasteiger partial charge in [0, 0.05) is 64.4 Å². The molecule has 2 aliphatic heterocycles. The Morgan fingerprint density at radius 2 is 1.05 bits per heavy atom. The van der Waals surface area contributed by atoms with Gasteiger partial charge in [-0.25, -0.2) is 0 Å². The van der Waals surface area contributed by atoms with E-state index in [-0.39, 0.29) is 62.1 Å². The van der Waals surface area contributed by atoms with Crippen LogP contribution in [0.2, 0.25) is 0 Å². The van der Waals surface area contributed by atoms with E-state index in [0.717, 1.165) is 4.90 Å². The van der Waals surface area contributed by atoms with Gasteiger partial charge in [-0.05, 0) is 48.0 Å². The average molecular weight is 537 g/mol. The summed E-state index contributed by atoms with van der Waals surface area (Å²) in [4.78, 5) is 68.2. The molecule has 0 saturated carbocycles. The maximum absolute atomic E-state index is 12.7. The second kappa shape index (κ2) is 14.0. The fraction of sp³-hybridized carbons (Fsp3) is 0.741. The minimum atomic E-state index is -0.585. The maximum Gasteiger partial charge on any atom is 0.320 e. The molecule has 0 radical (unpaired) electrons. The molecule has 0 aromatic carbocycles. The number of carbonyl (C=O) groups excluding carboxylic acids is 5. The summed E-state index contributed by atoms with van der Waals surface area (Å²) in [7, 11) is 0. The Balaban J connectivity index is 1.97. The first-order chi connectivity index (χ1) is 17.6. The number of rotatable bonds is 10. The van der Waals surface area contributed by atoms with Crippen molar-refractivity contribution >= 4 is 29.5 Å². The molecule has 0 aromatic rings. The highest BCUT2D eigenvalue weighted by molar-refractivity contribution is 6.12. The van der Waals surface area contributed by atoms with Gasteiger partial charge in [-0.3, -0.25) is 43.6 Å². The van der Waals surface area contributed by atoms with E-state index in [1.54, 1.807) is 0 Å². The molecule has 1 fully saturated rings. The summed E-state index contributed by atoms with van der Waals surface area (Å²) < 4.78 is 11.0. The van der Waals surface area contributed by atoms with Crippen molar-refractivity contribution in [2.45, 2.75) is 65.6 Å². The van der Waals surface area contributed by atoms with Crippen molar-refractivity contribution in [3.8, 4) is 0 Å². The highest BCUT2D eigenvalue weighted by Crippen LogP contribution is 2.11. The molecular formula is C27H44N4O7. The molecule has 11 nitrogen and oxygen atoms in total. The maximum atomic E-state index is 12.7. The highest BCUT2D eigenvalue weighted by Gasteiger charge is 2.26. The first-order valence-corrected chi connectivity index (χ1v) is 13.3. The number of Topliss-reactive ketones (excluding diaryl/α,β-unsaturated/α-hetero) is 1. The lowest BCUT2D eigenvalue weighted by Crippen LogP contribution is -2.42. The summed E-state index contributed by atoms with van der Waals surface area (Å²) >= 11 is 0. The summed E-state index contributed by atoms with van der Waals surface area (Å²) in [6.45, 7) is 15.0. The van der Waals surface area contributed by atoms with Crippen LogP contribution in [0.15, 0.2) is 12.2 Å². The largest absolute Gasteiger partial charge is 0.459 e. The summed E-state index contributed by atoms with van der Waals surface area (Å²) in [5.41, 5.74) is -1.17. The zero-order chi connectivity index (χ0) is 28.5. The van der Waals surface area contributed by atoms with Crippen LogP contribution in [0.25, 0.3) is 0 Å². The zero-order valence-corrected chi connectivity index (χ0v) is 23.8. The number of carbonyl (C=O) groups is 5. The van der Waals surface area contributed by atoms with Gasteiger partial charge in [-0.15, -0.1) is 0 Å². The van der Waals surface area contributed by atoms with Crippen LogP contribution in [0.5, 0.6) is 0 Å². The van der Waals surface area contributed by atoms with E-state index in [9.17, 15) is 24.0 Å². The predicted molar refractivity (Wildman–Crippen MR) is 141 cm³/mol. The Morgan fingerprint density at radius 1 is 0.684 bits per heavy atom. The van der Waals surface area contributed by atoms with E-state index in [2.05, 4.69) is 0 Å². The molecule has 0 N–H and O–H groups in total. The molecule has 2 amide bonds. The predicted octanol–water partition coefficient (Wildman–Crippen LogP) is 0.864. The second-order valence-corrected chi connectivity index (χ2v) is 11.8. The Kier molecular flexibility index (Phi) is 11.6. The molecule has 0 unspecified atom stereocenters. The van der Waals surface area contributed by atoms with Crippen LogP contribution < -0.4 is 0 Å². The molecule has 11 heteroatoms. The molecule has 2 heterocycles. The smallest absolute Gasteiger partial charge is 0.320 e. The third-order valence-corrected chi connectivity index (χ3v) is 5.88. The number of esters is 2. The number of ketones is 1. The molecule has 2 aliphatic rings. The van der Waals surface area contributed by atoms with Gasteiger partial charge in [0.05, 0.1) is 19.6 Å². The monoisotopic (exact) mass is 536 g/mol. The number of nitrogens with zero attached hydrogens (tertiary/aromatic N) is 4. The van der Waals surface area contributed by atoms with Gasteiger partial charge in [0.1, 0.15) is 17.0 Å². The Bertz CT molecular complexity index is 844. The van der Waals surface area contributed by atoms with Gasteiger partial charge >= 0.3 is 11.9 Å². The molecule has 0 aromatic heterocycles. The van der Waals surface area contributed by atoms with E-state index < -0.39 is 11.2 Å². The lowest BCUT2D eigenvalue weighted by atomic mass is 10.2. The molecular weight excluding hydrogens is 492 g/mol. The summed E-state index contributed by atoms with van der Waals surface area (Å²) in [5.74, 6) is -1.33. The molecule has 38 heavy (non-hydrogen) atoms. The third kappa shape index (κ3) is 12.3. The van der Waals surface area contributed by atoms with E-state index in [0.29, 0.717) is 45.7 Å². The minimum absolute atomic E-state index is 0.00804. The van der Waals surface area contributed by atoms with Gasteiger partial charge in [0.25, 0.3) is 11.8 Å². The van der Waals surface area contributed by atoms with Crippen molar-refractivity contribution in [3.05, 3.63) is 12.2 Å². The topological polar surface area (TPSA) is 117 Å². The second-order valence-electron chi connectivity index (χ2n) is 11.8. The summed E-state index contributed by atoms with van der Waals surface area (Å²) in [6, 6.07) is 0. The SMILES string of the molecule is CC(C)(C)OC(=O)CN1CCN(CC(=O)CCCN2C(=O)C=CC2=O)CCN(CC(=O)OC(C)(C)C)CC1. The van der Waals surface area contributed by atoms with E-state index >= 15 is 0 Å².